The third kappa shape index (κ3) is 4.87. The highest BCUT2D eigenvalue weighted by Gasteiger charge is 2.49. The van der Waals surface area contributed by atoms with E-state index >= 15 is 0 Å². The second kappa shape index (κ2) is 9.93. The normalized spacial score (nSPS) is 17.6. The van der Waals surface area contributed by atoms with Crippen molar-refractivity contribution in [2.75, 3.05) is 26.9 Å². The second-order valence-corrected chi connectivity index (χ2v) is 8.27. The van der Waals surface area contributed by atoms with E-state index in [4.69, 9.17) is 9.47 Å². The van der Waals surface area contributed by atoms with E-state index in [0.29, 0.717) is 24.5 Å². The monoisotopic (exact) mass is 461 g/mol. The van der Waals surface area contributed by atoms with Crippen LogP contribution in [0.15, 0.2) is 66.7 Å². The van der Waals surface area contributed by atoms with Gasteiger partial charge in [-0.15, -0.1) is 0 Å². The average molecular weight is 462 g/mol. The lowest BCUT2D eigenvalue weighted by molar-refractivity contribution is -0.134. The molecule has 0 saturated carbocycles. The number of ether oxygens (including phenoxy) is 2. The van der Waals surface area contributed by atoms with Gasteiger partial charge in [-0.1, -0.05) is 48.5 Å². The smallest absolute Gasteiger partial charge is 0.325 e. The van der Waals surface area contributed by atoms with Crippen LogP contribution < -0.4 is 15.4 Å². The molecule has 1 atom stereocenters. The van der Waals surface area contributed by atoms with Crippen molar-refractivity contribution in [3.8, 4) is 5.75 Å². The molecule has 1 aliphatic heterocycles. The molecule has 0 bridgehead atoms. The first kappa shape index (κ1) is 23.3. The summed E-state index contributed by atoms with van der Waals surface area (Å²) < 4.78 is 10.5. The molecule has 0 aromatic heterocycles. The van der Waals surface area contributed by atoms with Crippen molar-refractivity contribution in [1.29, 1.82) is 0 Å². The molecule has 1 saturated heterocycles. The van der Waals surface area contributed by atoms with Gasteiger partial charge in [-0.25, -0.2) is 4.79 Å². The zero-order valence-corrected chi connectivity index (χ0v) is 19.2. The van der Waals surface area contributed by atoms with Crippen LogP contribution in [0.4, 0.5) is 4.79 Å². The van der Waals surface area contributed by atoms with Crippen molar-refractivity contribution in [3.63, 3.8) is 0 Å². The van der Waals surface area contributed by atoms with Gasteiger partial charge in [0.1, 0.15) is 24.4 Å². The predicted molar refractivity (Wildman–Crippen MR) is 127 cm³/mol. The molecule has 34 heavy (non-hydrogen) atoms. The van der Waals surface area contributed by atoms with E-state index in [1.165, 1.54) is 0 Å². The molecule has 0 aliphatic carbocycles. The molecule has 1 aliphatic rings. The minimum absolute atomic E-state index is 0.267. The molecule has 3 aromatic rings. The predicted octanol–water partition coefficient (Wildman–Crippen LogP) is 2.95. The number of fused-ring (bicyclic) bond motifs is 1. The number of rotatable bonds is 9. The number of hydrogen-bond donors (Lipinski definition) is 2. The van der Waals surface area contributed by atoms with Crippen LogP contribution in [0.5, 0.6) is 5.75 Å². The fraction of sp³-hybridized carbons (Fsp3) is 0.269. The van der Waals surface area contributed by atoms with Crippen LogP contribution in [0.25, 0.3) is 10.8 Å². The van der Waals surface area contributed by atoms with Crippen LogP contribution in [0.1, 0.15) is 18.1 Å². The van der Waals surface area contributed by atoms with Crippen LogP contribution >= 0.6 is 0 Å². The minimum atomic E-state index is -1.24. The Morgan fingerprint density at radius 1 is 1.00 bits per heavy atom. The molecule has 1 fully saturated rings. The van der Waals surface area contributed by atoms with Gasteiger partial charge in [0.05, 0.1) is 6.61 Å². The van der Waals surface area contributed by atoms with E-state index in [0.717, 1.165) is 21.2 Å². The number of carbonyl (C=O) groups is 3. The van der Waals surface area contributed by atoms with Gasteiger partial charge in [-0.05, 0) is 47.0 Å². The van der Waals surface area contributed by atoms with Crippen molar-refractivity contribution >= 4 is 28.6 Å². The Hall–Kier alpha value is -3.91. The molecular weight excluding hydrogens is 434 g/mol. The number of imide groups is 1. The Kier molecular flexibility index (Phi) is 6.79. The molecule has 8 nitrogen and oxygen atoms in total. The Morgan fingerprint density at radius 3 is 2.47 bits per heavy atom. The van der Waals surface area contributed by atoms with Gasteiger partial charge < -0.3 is 20.1 Å². The van der Waals surface area contributed by atoms with E-state index in [1.54, 1.807) is 14.0 Å². The van der Waals surface area contributed by atoms with Crippen LogP contribution in [0, 0.1) is 0 Å². The van der Waals surface area contributed by atoms with Crippen LogP contribution in [0.3, 0.4) is 0 Å². The number of nitrogens with zero attached hydrogens (tertiary/aromatic N) is 1. The summed E-state index contributed by atoms with van der Waals surface area (Å²) in [4.78, 5) is 39.2. The van der Waals surface area contributed by atoms with Crippen LogP contribution in [-0.2, 0) is 26.4 Å². The maximum atomic E-state index is 13.2. The lowest BCUT2D eigenvalue weighted by Crippen LogP contribution is -2.43. The quantitative estimate of drug-likeness (QED) is 0.377. The summed E-state index contributed by atoms with van der Waals surface area (Å²) in [5.74, 6) is -0.174. The first-order chi connectivity index (χ1) is 16.4. The molecule has 2 N–H and O–H groups in total. The average Bonchev–Trinajstić information content (AvgIpc) is 3.07. The van der Waals surface area contributed by atoms with Crippen LogP contribution in [-0.4, -0.2) is 49.6 Å². The molecule has 4 rings (SSSR count). The maximum absolute atomic E-state index is 13.2. The van der Waals surface area contributed by atoms with E-state index in [9.17, 15) is 14.4 Å². The van der Waals surface area contributed by atoms with Crippen molar-refractivity contribution in [1.82, 2.24) is 15.5 Å². The molecule has 0 spiro atoms. The Labute approximate surface area is 197 Å². The third-order valence-electron chi connectivity index (χ3n) is 5.87. The molecule has 4 amide bonds. The summed E-state index contributed by atoms with van der Waals surface area (Å²) in [6.45, 7) is 2.53. The summed E-state index contributed by atoms with van der Waals surface area (Å²) in [5, 5.41) is 7.51. The number of benzene rings is 3. The van der Waals surface area contributed by atoms with Crippen molar-refractivity contribution in [3.05, 3.63) is 77.9 Å². The second-order valence-electron chi connectivity index (χ2n) is 8.27. The highest BCUT2D eigenvalue weighted by atomic mass is 16.5. The van der Waals surface area contributed by atoms with E-state index in [2.05, 4.69) is 10.6 Å². The van der Waals surface area contributed by atoms with Crippen molar-refractivity contribution in [2.24, 2.45) is 0 Å². The molecular formula is C26H27N3O5. The van der Waals surface area contributed by atoms with Gasteiger partial charge in [-0.3, -0.25) is 14.5 Å². The fourth-order valence-corrected chi connectivity index (χ4v) is 3.88. The first-order valence-corrected chi connectivity index (χ1v) is 11.0. The molecule has 8 heteroatoms. The number of carbonyl (C=O) groups excluding carboxylic acids is 3. The highest BCUT2D eigenvalue weighted by molar-refractivity contribution is 6.09. The number of methoxy groups -OCH3 is 1. The summed E-state index contributed by atoms with van der Waals surface area (Å²) in [5.41, 5.74) is 0.297. The lowest BCUT2D eigenvalue weighted by Gasteiger charge is -2.22. The van der Waals surface area contributed by atoms with Gasteiger partial charge in [0.25, 0.3) is 5.91 Å². The molecule has 176 valence electrons. The molecule has 1 heterocycles. The molecule has 1 unspecified atom stereocenters. The summed E-state index contributed by atoms with van der Waals surface area (Å²) in [7, 11) is 1.61. The zero-order chi connectivity index (χ0) is 24.1. The lowest BCUT2D eigenvalue weighted by atomic mass is 9.90. The van der Waals surface area contributed by atoms with Gasteiger partial charge in [0.15, 0.2) is 0 Å². The van der Waals surface area contributed by atoms with Gasteiger partial charge >= 0.3 is 6.03 Å². The number of hydrogen-bond acceptors (Lipinski definition) is 5. The van der Waals surface area contributed by atoms with E-state index in [1.807, 2.05) is 66.7 Å². The number of amides is 4. The SMILES string of the molecule is COCCOc1ccc(CNC(=O)CN2C(=O)NC(C)(c3ccc4ccccc4c3)C2=O)cc1. The Balaban J connectivity index is 1.36. The van der Waals surface area contributed by atoms with Gasteiger partial charge in [0, 0.05) is 13.7 Å². The maximum Gasteiger partial charge on any atom is 0.325 e. The minimum Gasteiger partial charge on any atom is -0.491 e. The Morgan fingerprint density at radius 2 is 1.74 bits per heavy atom. The van der Waals surface area contributed by atoms with Crippen LogP contribution in [0.2, 0.25) is 0 Å². The van der Waals surface area contributed by atoms with E-state index < -0.39 is 23.4 Å². The van der Waals surface area contributed by atoms with Crippen molar-refractivity contribution < 1.29 is 23.9 Å². The summed E-state index contributed by atoms with van der Waals surface area (Å²) in [6, 6.07) is 20.1. The summed E-state index contributed by atoms with van der Waals surface area (Å²) in [6.07, 6.45) is 0. The largest absolute Gasteiger partial charge is 0.491 e. The fourth-order valence-electron chi connectivity index (χ4n) is 3.88. The standard InChI is InChI=1S/C26H27N3O5/c1-26(21-10-9-19-5-3-4-6-20(19)15-21)24(31)29(25(32)28-26)17-23(30)27-16-18-7-11-22(12-8-18)34-14-13-33-2/h3-12,15H,13-14,16-17H2,1-2H3,(H,27,30)(H,28,32). The van der Waals surface area contributed by atoms with Crippen molar-refractivity contribution in [2.45, 2.75) is 19.0 Å². The number of nitrogens with one attached hydrogen (secondary N) is 2. The third-order valence-corrected chi connectivity index (χ3v) is 5.87. The van der Waals surface area contributed by atoms with Gasteiger partial charge in [0.2, 0.25) is 5.91 Å². The topological polar surface area (TPSA) is 97.0 Å². The molecule has 3 aromatic carbocycles. The summed E-state index contributed by atoms with van der Waals surface area (Å²) >= 11 is 0. The highest BCUT2D eigenvalue weighted by Crippen LogP contribution is 2.30. The van der Waals surface area contributed by atoms with Gasteiger partial charge in [-0.2, -0.15) is 0 Å². The zero-order valence-electron chi connectivity index (χ0n) is 19.2. The Bertz CT molecular complexity index is 1210. The molecule has 0 radical (unpaired) electrons. The first-order valence-electron chi connectivity index (χ1n) is 11.0. The van der Waals surface area contributed by atoms with E-state index in [-0.39, 0.29) is 13.1 Å². The number of urea groups is 1.